The summed E-state index contributed by atoms with van der Waals surface area (Å²) in [7, 11) is -0.107. The average Bonchev–Trinajstić information content (AvgIpc) is 2.94. The van der Waals surface area contributed by atoms with Gasteiger partial charge in [0.15, 0.2) is 0 Å². The van der Waals surface area contributed by atoms with E-state index in [2.05, 4.69) is 27.9 Å². The van der Waals surface area contributed by atoms with E-state index in [0.29, 0.717) is 19.4 Å². The minimum absolute atomic E-state index is 0.00396. The van der Waals surface area contributed by atoms with Gasteiger partial charge in [-0.15, -0.1) is 0 Å². The van der Waals surface area contributed by atoms with Gasteiger partial charge < -0.3 is 28.0 Å². The molecule has 0 heterocycles. The van der Waals surface area contributed by atoms with Crippen LogP contribution in [0.25, 0.3) is 0 Å². The molecule has 244 valence electrons. The monoisotopic (exact) mass is 611 g/mol. The highest BCUT2D eigenvalue weighted by atomic mass is 31.2. The topological polar surface area (TPSA) is 84.9 Å². The van der Waals surface area contributed by atoms with Crippen molar-refractivity contribution in [2.75, 3.05) is 47.0 Å². The molecule has 0 aliphatic heterocycles. The van der Waals surface area contributed by atoms with Crippen LogP contribution >= 0.6 is 7.82 Å². The Balaban J connectivity index is 2.28. The lowest BCUT2D eigenvalue weighted by molar-refractivity contribution is -0.888. The van der Waals surface area contributed by atoms with Crippen LogP contribution < -0.4 is 9.63 Å². The van der Waals surface area contributed by atoms with Crippen molar-refractivity contribution in [1.82, 2.24) is 0 Å². The molecule has 0 amide bonds. The van der Waals surface area contributed by atoms with Crippen molar-refractivity contribution in [2.45, 2.75) is 124 Å². The van der Waals surface area contributed by atoms with Crippen molar-refractivity contribution in [2.24, 2.45) is 5.92 Å². The van der Waals surface area contributed by atoms with E-state index in [4.69, 9.17) is 13.8 Å². The summed E-state index contributed by atoms with van der Waals surface area (Å²) in [5.41, 5.74) is 1.01. The lowest BCUT2D eigenvalue weighted by Crippen LogP contribution is -2.40. The largest absolute Gasteiger partial charge is 0.756 e. The minimum Gasteiger partial charge on any atom is -0.756 e. The van der Waals surface area contributed by atoms with E-state index in [1.54, 1.807) is 0 Å². The summed E-state index contributed by atoms with van der Waals surface area (Å²) in [5, 5.41) is 0. The molecule has 0 aromatic heterocycles. The number of rotatable bonds is 28. The first-order valence-electron chi connectivity index (χ1n) is 16.7. The van der Waals surface area contributed by atoms with E-state index < -0.39 is 7.82 Å². The van der Waals surface area contributed by atoms with Crippen molar-refractivity contribution in [3.8, 4) is 5.75 Å². The first-order chi connectivity index (χ1) is 20.1. The van der Waals surface area contributed by atoms with Crippen LogP contribution in [0.3, 0.4) is 0 Å². The zero-order chi connectivity index (χ0) is 31.1. The number of nitrogens with zero attached hydrogens (tertiary/aromatic N) is 1. The Kier molecular flexibility index (Phi) is 21.4. The fourth-order valence-corrected chi connectivity index (χ4v) is 5.82. The molecular weight excluding hydrogens is 549 g/mol. The van der Waals surface area contributed by atoms with Crippen molar-refractivity contribution in [1.29, 1.82) is 0 Å². The molecule has 0 N–H and O–H groups in total. The first-order valence-corrected chi connectivity index (χ1v) is 18.2. The molecule has 1 aromatic carbocycles. The number of Topliss-reactive ketones (excluding diaryl/α,β-unsaturated/α-hetero) is 1. The molecule has 0 saturated heterocycles. The standard InChI is InChI=1S/C34H62NO6P/c1-6-8-9-10-11-12-13-14-15-16-17-19-26-39-34-23-21-32(22-24-34)29-33(28-31(3)36)30-41-42(37,38)40-27-20-18-25-35(4,5)7-2/h21-24,33H,6-20,25-30H2,1-5H3. The molecule has 7 nitrogen and oxygen atoms in total. The van der Waals surface area contributed by atoms with Gasteiger partial charge in [0.25, 0.3) is 7.82 Å². The number of phosphoric ester groups is 1. The predicted molar refractivity (Wildman–Crippen MR) is 172 cm³/mol. The minimum atomic E-state index is -4.41. The van der Waals surface area contributed by atoms with Crippen molar-refractivity contribution in [3.05, 3.63) is 29.8 Å². The highest BCUT2D eigenvalue weighted by Gasteiger charge is 2.18. The van der Waals surface area contributed by atoms with Crippen LogP contribution in [0.5, 0.6) is 5.75 Å². The second kappa shape index (κ2) is 23.2. The fourth-order valence-electron chi connectivity index (χ4n) is 5.00. The summed E-state index contributed by atoms with van der Waals surface area (Å²) in [6, 6.07) is 7.85. The molecule has 0 saturated carbocycles. The van der Waals surface area contributed by atoms with Crippen molar-refractivity contribution < 1.29 is 32.5 Å². The summed E-state index contributed by atoms with van der Waals surface area (Å²) in [5.74, 6) is 0.591. The normalized spacial score (nSPS) is 14.0. The summed E-state index contributed by atoms with van der Waals surface area (Å²) >= 11 is 0. The Hall–Kier alpha value is -1.24. The van der Waals surface area contributed by atoms with E-state index in [1.165, 1.54) is 77.6 Å². The lowest BCUT2D eigenvalue weighted by atomic mass is 9.95. The molecule has 0 aliphatic carbocycles. The maximum absolute atomic E-state index is 12.3. The molecule has 2 atom stereocenters. The molecule has 1 aromatic rings. The summed E-state index contributed by atoms with van der Waals surface area (Å²) in [4.78, 5) is 24.1. The van der Waals surface area contributed by atoms with Gasteiger partial charge in [-0.1, -0.05) is 89.7 Å². The van der Waals surface area contributed by atoms with E-state index in [-0.39, 0.29) is 31.3 Å². The number of ether oxygens (including phenoxy) is 1. The predicted octanol–water partition coefficient (Wildman–Crippen LogP) is 8.28. The number of carbonyl (C=O) groups is 1. The molecule has 2 unspecified atom stereocenters. The van der Waals surface area contributed by atoms with Gasteiger partial charge in [0.05, 0.1) is 47.0 Å². The van der Waals surface area contributed by atoms with Gasteiger partial charge in [0.1, 0.15) is 11.5 Å². The Morgan fingerprint density at radius 1 is 0.810 bits per heavy atom. The molecular formula is C34H62NO6P. The summed E-state index contributed by atoms with van der Waals surface area (Å²) in [6.45, 7) is 8.66. The van der Waals surface area contributed by atoms with Crippen LogP contribution in [0.4, 0.5) is 0 Å². The maximum Gasteiger partial charge on any atom is 0.267 e. The smallest absolute Gasteiger partial charge is 0.267 e. The second-order valence-corrected chi connectivity index (χ2v) is 14.0. The molecule has 0 aliphatic rings. The number of benzene rings is 1. The Morgan fingerprint density at radius 3 is 1.90 bits per heavy atom. The van der Waals surface area contributed by atoms with E-state index in [0.717, 1.165) is 41.7 Å². The van der Waals surface area contributed by atoms with Gasteiger partial charge in [-0.25, -0.2) is 0 Å². The van der Waals surface area contributed by atoms with E-state index in [9.17, 15) is 14.3 Å². The number of hydrogen-bond acceptors (Lipinski definition) is 6. The first kappa shape index (κ1) is 38.8. The number of quaternary nitrogens is 1. The van der Waals surface area contributed by atoms with Crippen LogP contribution in [0.15, 0.2) is 24.3 Å². The SMILES string of the molecule is CCCCCCCCCCCCCCOc1ccc(CC(COP(=O)([O-])OCCCC[N+](C)(C)CC)CC(C)=O)cc1. The quantitative estimate of drug-likeness (QED) is 0.0539. The molecule has 42 heavy (non-hydrogen) atoms. The van der Waals surface area contributed by atoms with Gasteiger partial charge in [0, 0.05) is 6.42 Å². The third-order valence-corrected chi connectivity index (χ3v) is 8.99. The third-order valence-electron chi connectivity index (χ3n) is 8.02. The van der Waals surface area contributed by atoms with Crippen molar-refractivity contribution >= 4 is 13.6 Å². The van der Waals surface area contributed by atoms with Crippen LogP contribution in [0.2, 0.25) is 0 Å². The Labute approximate surface area is 257 Å². The van der Waals surface area contributed by atoms with Gasteiger partial charge in [0.2, 0.25) is 0 Å². The van der Waals surface area contributed by atoms with Gasteiger partial charge in [-0.2, -0.15) is 0 Å². The zero-order valence-corrected chi connectivity index (χ0v) is 28.5. The van der Waals surface area contributed by atoms with Crippen LogP contribution in [-0.2, 0) is 24.8 Å². The van der Waals surface area contributed by atoms with Crippen LogP contribution in [0, 0.1) is 5.92 Å². The second-order valence-electron chi connectivity index (χ2n) is 12.6. The highest BCUT2D eigenvalue weighted by molar-refractivity contribution is 7.45. The fraction of sp³-hybridized carbons (Fsp3) is 0.794. The highest BCUT2D eigenvalue weighted by Crippen LogP contribution is 2.39. The maximum atomic E-state index is 12.3. The van der Waals surface area contributed by atoms with Crippen LogP contribution in [-0.4, -0.2) is 57.3 Å². The lowest BCUT2D eigenvalue weighted by Gasteiger charge is -2.28. The van der Waals surface area contributed by atoms with Gasteiger partial charge in [-0.05, 0) is 63.1 Å². The number of phosphoric acid groups is 1. The van der Waals surface area contributed by atoms with Crippen molar-refractivity contribution in [3.63, 3.8) is 0 Å². The molecule has 8 heteroatoms. The Bertz CT molecular complexity index is 860. The average molecular weight is 612 g/mol. The summed E-state index contributed by atoms with van der Waals surface area (Å²) < 4.78 is 29.3. The molecule has 0 fully saturated rings. The third kappa shape index (κ3) is 21.4. The van der Waals surface area contributed by atoms with Crippen LogP contribution in [0.1, 0.15) is 123 Å². The number of carbonyl (C=O) groups excluding carboxylic acids is 1. The molecule has 1 rings (SSSR count). The van der Waals surface area contributed by atoms with Gasteiger partial charge in [-0.3, -0.25) is 4.57 Å². The Morgan fingerprint density at radius 2 is 1.36 bits per heavy atom. The van der Waals surface area contributed by atoms with E-state index in [1.807, 2.05) is 24.3 Å². The number of ketones is 1. The van der Waals surface area contributed by atoms with E-state index >= 15 is 0 Å². The number of hydrogen-bond donors (Lipinski definition) is 0. The zero-order valence-electron chi connectivity index (χ0n) is 27.6. The molecule has 0 radical (unpaired) electrons. The molecule has 0 spiro atoms. The van der Waals surface area contributed by atoms with Gasteiger partial charge >= 0.3 is 0 Å². The molecule has 0 bridgehead atoms. The summed E-state index contributed by atoms with van der Waals surface area (Å²) in [6.07, 6.45) is 18.2. The number of unbranched alkanes of at least 4 members (excludes halogenated alkanes) is 12.